The van der Waals surface area contributed by atoms with Crippen molar-refractivity contribution in [1.29, 1.82) is 0 Å². The first kappa shape index (κ1) is 19.2. The number of phenols is 1. The third-order valence-corrected chi connectivity index (χ3v) is 5.65. The first-order chi connectivity index (χ1) is 14.1. The predicted octanol–water partition coefficient (Wildman–Crippen LogP) is 3.02. The number of nitrogens with zero attached hydrogens (tertiary/aromatic N) is 3. The molecule has 0 spiro atoms. The third kappa shape index (κ3) is 4.18. The van der Waals surface area contributed by atoms with E-state index in [0.717, 1.165) is 25.3 Å². The number of pyridine rings is 1. The molecule has 0 unspecified atom stereocenters. The zero-order chi connectivity index (χ0) is 20.2. The second kappa shape index (κ2) is 8.51. The van der Waals surface area contributed by atoms with Crippen molar-refractivity contribution in [2.75, 3.05) is 29.9 Å². The number of carbonyl (C=O) groups is 2. The summed E-state index contributed by atoms with van der Waals surface area (Å²) in [6.45, 7) is 2.53. The summed E-state index contributed by atoms with van der Waals surface area (Å²) in [5, 5.41) is 12.9. The molecule has 0 radical (unpaired) electrons. The summed E-state index contributed by atoms with van der Waals surface area (Å²) >= 11 is 0. The molecule has 2 aliphatic rings. The Morgan fingerprint density at radius 3 is 2.52 bits per heavy atom. The highest BCUT2D eigenvalue weighted by Gasteiger charge is 2.35. The lowest BCUT2D eigenvalue weighted by atomic mass is 10.1. The van der Waals surface area contributed by atoms with Gasteiger partial charge in [-0.05, 0) is 56.4 Å². The number of aromatic nitrogens is 1. The van der Waals surface area contributed by atoms with E-state index in [2.05, 4.69) is 15.2 Å². The largest absolute Gasteiger partial charge is 0.507 e. The fourth-order valence-electron chi connectivity index (χ4n) is 4.09. The maximum Gasteiger partial charge on any atom is 0.258 e. The standard InChI is InChI=1S/C22H26N4O3/c27-19-9-3-2-7-17(19)22(29)26-14-6-8-18(26)21(28)24-16-10-11-20(23-15-16)25-12-4-1-5-13-25/h2-3,7,9-11,15,18,27H,1,4-6,8,12-14H2,(H,24,28)/t18-/m1/s1. The number of piperidine rings is 1. The molecule has 7 heteroatoms. The van der Waals surface area contributed by atoms with E-state index in [1.807, 2.05) is 12.1 Å². The van der Waals surface area contributed by atoms with Gasteiger partial charge in [-0.15, -0.1) is 0 Å². The second-order valence-corrected chi connectivity index (χ2v) is 7.62. The van der Waals surface area contributed by atoms with Crippen LogP contribution in [0.5, 0.6) is 5.75 Å². The van der Waals surface area contributed by atoms with Gasteiger partial charge in [-0.25, -0.2) is 4.98 Å². The molecule has 7 nitrogen and oxygen atoms in total. The third-order valence-electron chi connectivity index (χ3n) is 5.65. The van der Waals surface area contributed by atoms with Crippen molar-refractivity contribution in [3.8, 4) is 5.75 Å². The average Bonchev–Trinajstić information content (AvgIpc) is 3.25. The van der Waals surface area contributed by atoms with E-state index in [1.165, 1.54) is 25.3 Å². The Hall–Kier alpha value is -3.09. The van der Waals surface area contributed by atoms with Crippen LogP contribution in [0.3, 0.4) is 0 Å². The first-order valence-electron chi connectivity index (χ1n) is 10.2. The highest BCUT2D eigenvalue weighted by atomic mass is 16.3. The van der Waals surface area contributed by atoms with E-state index in [9.17, 15) is 14.7 Å². The molecule has 2 fully saturated rings. The van der Waals surface area contributed by atoms with E-state index >= 15 is 0 Å². The lowest BCUT2D eigenvalue weighted by molar-refractivity contribution is -0.119. The number of rotatable bonds is 4. The molecule has 2 aromatic rings. The molecule has 1 atom stereocenters. The minimum Gasteiger partial charge on any atom is -0.507 e. The van der Waals surface area contributed by atoms with Crippen molar-refractivity contribution < 1.29 is 14.7 Å². The SMILES string of the molecule is O=C(Nc1ccc(N2CCCCC2)nc1)[C@H]1CCCN1C(=O)c1ccccc1O. The number of nitrogens with one attached hydrogen (secondary N) is 1. The van der Waals surface area contributed by atoms with Crippen molar-refractivity contribution in [2.24, 2.45) is 0 Å². The molecular weight excluding hydrogens is 368 g/mol. The zero-order valence-corrected chi connectivity index (χ0v) is 16.4. The molecule has 2 saturated heterocycles. The van der Waals surface area contributed by atoms with Crippen LogP contribution >= 0.6 is 0 Å². The fourth-order valence-corrected chi connectivity index (χ4v) is 4.09. The van der Waals surface area contributed by atoms with Gasteiger partial charge in [0.2, 0.25) is 5.91 Å². The van der Waals surface area contributed by atoms with Gasteiger partial charge in [-0.1, -0.05) is 12.1 Å². The van der Waals surface area contributed by atoms with Crippen LogP contribution in [-0.2, 0) is 4.79 Å². The number of para-hydroxylation sites is 1. The maximum absolute atomic E-state index is 12.8. The van der Waals surface area contributed by atoms with E-state index < -0.39 is 6.04 Å². The normalized spacial score (nSPS) is 19.2. The smallest absolute Gasteiger partial charge is 0.258 e. The number of anilines is 2. The van der Waals surface area contributed by atoms with Crippen molar-refractivity contribution in [2.45, 2.75) is 38.1 Å². The number of hydrogen-bond donors (Lipinski definition) is 2. The number of hydrogen-bond acceptors (Lipinski definition) is 5. The van der Waals surface area contributed by atoms with Crippen LogP contribution < -0.4 is 10.2 Å². The van der Waals surface area contributed by atoms with Gasteiger partial charge >= 0.3 is 0 Å². The minimum atomic E-state index is -0.552. The maximum atomic E-state index is 12.8. The molecule has 152 valence electrons. The van der Waals surface area contributed by atoms with Gasteiger partial charge in [0.15, 0.2) is 0 Å². The summed E-state index contributed by atoms with van der Waals surface area (Å²) in [4.78, 5) is 33.9. The van der Waals surface area contributed by atoms with Crippen LogP contribution in [0.15, 0.2) is 42.6 Å². The molecule has 0 aliphatic carbocycles. The van der Waals surface area contributed by atoms with Crippen LogP contribution in [0, 0.1) is 0 Å². The summed E-state index contributed by atoms with van der Waals surface area (Å²) in [5.41, 5.74) is 0.845. The summed E-state index contributed by atoms with van der Waals surface area (Å²) in [6, 6.07) is 9.67. The van der Waals surface area contributed by atoms with Crippen molar-refractivity contribution in [3.05, 3.63) is 48.2 Å². The molecule has 1 aromatic heterocycles. The van der Waals surface area contributed by atoms with Crippen molar-refractivity contribution >= 4 is 23.3 Å². The summed E-state index contributed by atoms with van der Waals surface area (Å²) in [5.74, 6) is 0.319. The second-order valence-electron chi connectivity index (χ2n) is 7.62. The van der Waals surface area contributed by atoms with Crippen molar-refractivity contribution in [1.82, 2.24) is 9.88 Å². The molecule has 2 N–H and O–H groups in total. The summed E-state index contributed by atoms with van der Waals surface area (Å²) in [7, 11) is 0. The highest BCUT2D eigenvalue weighted by Crippen LogP contribution is 2.25. The van der Waals surface area contributed by atoms with Gasteiger partial charge in [0.05, 0.1) is 17.4 Å². The number of phenolic OH excluding ortho intramolecular Hbond substituents is 1. The molecular formula is C22H26N4O3. The molecule has 2 amide bonds. The molecule has 3 heterocycles. The van der Waals surface area contributed by atoms with Gasteiger partial charge in [-0.3, -0.25) is 9.59 Å². The number of amides is 2. The van der Waals surface area contributed by atoms with Crippen LogP contribution in [0.25, 0.3) is 0 Å². The van der Waals surface area contributed by atoms with Gasteiger partial charge in [0.1, 0.15) is 17.6 Å². The van der Waals surface area contributed by atoms with Gasteiger partial charge in [0, 0.05) is 19.6 Å². The average molecular weight is 394 g/mol. The molecule has 0 bridgehead atoms. The Balaban J connectivity index is 1.42. The monoisotopic (exact) mass is 394 g/mol. The fraction of sp³-hybridized carbons (Fsp3) is 0.409. The van der Waals surface area contributed by atoms with Crippen LogP contribution in [0.1, 0.15) is 42.5 Å². The van der Waals surface area contributed by atoms with Crippen molar-refractivity contribution in [3.63, 3.8) is 0 Å². The lowest BCUT2D eigenvalue weighted by Crippen LogP contribution is -2.43. The quantitative estimate of drug-likeness (QED) is 0.833. The topological polar surface area (TPSA) is 85.8 Å². The van der Waals surface area contributed by atoms with Gasteiger partial charge in [0.25, 0.3) is 5.91 Å². The summed E-state index contributed by atoms with van der Waals surface area (Å²) < 4.78 is 0. The Labute approximate surface area is 170 Å². The van der Waals surface area contributed by atoms with Gasteiger partial charge < -0.3 is 20.2 Å². The van der Waals surface area contributed by atoms with Gasteiger partial charge in [-0.2, -0.15) is 0 Å². The number of benzene rings is 1. The molecule has 2 aliphatic heterocycles. The van der Waals surface area contributed by atoms with E-state index in [0.29, 0.717) is 18.7 Å². The Morgan fingerprint density at radius 2 is 1.79 bits per heavy atom. The van der Waals surface area contributed by atoms with E-state index in [4.69, 9.17) is 0 Å². The highest BCUT2D eigenvalue weighted by molar-refractivity contribution is 6.02. The van der Waals surface area contributed by atoms with E-state index in [1.54, 1.807) is 29.3 Å². The molecule has 1 aromatic carbocycles. The molecule has 29 heavy (non-hydrogen) atoms. The van der Waals surface area contributed by atoms with Crippen LogP contribution in [0.2, 0.25) is 0 Å². The minimum absolute atomic E-state index is 0.0685. The number of carbonyl (C=O) groups excluding carboxylic acids is 2. The van der Waals surface area contributed by atoms with Crippen LogP contribution in [-0.4, -0.2) is 52.5 Å². The van der Waals surface area contributed by atoms with E-state index in [-0.39, 0.29) is 23.1 Å². The summed E-state index contributed by atoms with van der Waals surface area (Å²) in [6.07, 6.45) is 6.66. The first-order valence-corrected chi connectivity index (χ1v) is 10.2. The number of likely N-dealkylation sites (tertiary alicyclic amines) is 1. The Morgan fingerprint density at radius 1 is 1.00 bits per heavy atom. The Kier molecular flexibility index (Phi) is 5.64. The number of aromatic hydroxyl groups is 1. The molecule has 4 rings (SSSR count). The molecule has 0 saturated carbocycles. The lowest BCUT2D eigenvalue weighted by Gasteiger charge is -2.28. The Bertz CT molecular complexity index is 878. The van der Waals surface area contributed by atoms with Crippen LogP contribution in [0.4, 0.5) is 11.5 Å². The predicted molar refractivity (Wildman–Crippen MR) is 111 cm³/mol. The zero-order valence-electron chi connectivity index (χ0n) is 16.4.